The molecule has 0 spiro atoms. The van der Waals surface area contributed by atoms with Crippen LogP contribution in [0.3, 0.4) is 0 Å². The topological polar surface area (TPSA) is 85.0 Å². The molecule has 2 aromatic heterocycles. The highest BCUT2D eigenvalue weighted by Gasteiger charge is 2.42. The van der Waals surface area contributed by atoms with Gasteiger partial charge in [-0.2, -0.15) is 5.26 Å². The van der Waals surface area contributed by atoms with Crippen molar-refractivity contribution >= 4 is 42.5 Å². The van der Waals surface area contributed by atoms with Crippen LogP contribution in [0, 0.1) is 11.3 Å². The van der Waals surface area contributed by atoms with Crippen LogP contribution in [0.15, 0.2) is 48.8 Å². The number of rotatable bonds is 10. The van der Waals surface area contributed by atoms with E-state index in [0.29, 0.717) is 29.7 Å². The lowest BCUT2D eigenvalue weighted by Crippen LogP contribution is -2.44. The summed E-state index contributed by atoms with van der Waals surface area (Å²) in [4.78, 5) is 9.40. The number of aryl methyl sites for hydroxylation is 1. The molecule has 1 atom stereocenters. The molecule has 1 aliphatic rings. The number of anilines is 2. The van der Waals surface area contributed by atoms with Crippen LogP contribution < -0.4 is 5.32 Å². The Hall–Kier alpha value is -3.22. The van der Waals surface area contributed by atoms with E-state index in [1.165, 1.54) is 5.56 Å². The first-order valence-corrected chi connectivity index (χ1v) is 18.2. The van der Waals surface area contributed by atoms with Gasteiger partial charge in [-0.25, -0.2) is 9.97 Å². The van der Waals surface area contributed by atoms with Crippen LogP contribution >= 0.6 is 11.6 Å². The molecule has 0 saturated carbocycles. The standard InChI is InChI=1S/C34H42ClN5O2Si/c1-33(2,3)43(6,7)42-22-34(4)12-9-26-24(21-36)17-23(18-28(26)34)29-10-13-37-32(38-29)39-30-19-25(35)20-31-27(30)11-15-40(31)14-8-16-41-5/h10-11,13,15,17-20H,8-9,12,14,16,22H2,1-7H3,(H,37,38,39). The number of nitriles is 1. The van der Waals surface area contributed by atoms with Gasteiger partial charge in [-0.05, 0) is 84.9 Å². The van der Waals surface area contributed by atoms with Gasteiger partial charge in [0.1, 0.15) is 0 Å². The second-order valence-corrected chi connectivity index (χ2v) is 18.6. The molecule has 43 heavy (non-hydrogen) atoms. The zero-order valence-electron chi connectivity index (χ0n) is 26.3. The Morgan fingerprint density at radius 3 is 2.70 bits per heavy atom. The Labute approximate surface area is 261 Å². The predicted molar refractivity (Wildman–Crippen MR) is 178 cm³/mol. The second-order valence-electron chi connectivity index (χ2n) is 13.4. The van der Waals surface area contributed by atoms with E-state index >= 15 is 0 Å². The first kappa shape index (κ1) is 31.2. The molecule has 1 unspecified atom stereocenters. The van der Waals surface area contributed by atoms with Crippen molar-refractivity contribution in [3.63, 3.8) is 0 Å². The van der Waals surface area contributed by atoms with E-state index in [-0.39, 0.29) is 10.5 Å². The number of halogens is 1. The molecule has 4 aromatic rings. The molecule has 9 heteroatoms. The second kappa shape index (κ2) is 12.0. The van der Waals surface area contributed by atoms with Crippen molar-refractivity contribution in [2.24, 2.45) is 0 Å². The van der Waals surface area contributed by atoms with Crippen molar-refractivity contribution < 1.29 is 9.16 Å². The van der Waals surface area contributed by atoms with E-state index in [1.807, 2.05) is 24.3 Å². The quantitative estimate of drug-likeness (QED) is 0.142. The number of hydrogen-bond donors (Lipinski definition) is 1. The van der Waals surface area contributed by atoms with E-state index in [4.69, 9.17) is 25.7 Å². The number of nitrogens with one attached hydrogen (secondary N) is 1. The summed E-state index contributed by atoms with van der Waals surface area (Å²) in [7, 11) is -0.210. The van der Waals surface area contributed by atoms with Gasteiger partial charge in [0.15, 0.2) is 8.32 Å². The molecular weight excluding hydrogens is 574 g/mol. The number of aromatic nitrogens is 3. The Kier molecular flexibility index (Phi) is 8.74. The lowest BCUT2D eigenvalue weighted by Gasteiger charge is -2.39. The van der Waals surface area contributed by atoms with E-state index in [9.17, 15) is 5.26 Å². The number of hydrogen-bond acceptors (Lipinski definition) is 6. The summed E-state index contributed by atoms with van der Waals surface area (Å²) >= 11 is 6.54. The fourth-order valence-corrected chi connectivity index (χ4v) is 6.93. The van der Waals surface area contributed by atoms with Gasteiger partial charge in [0.2, 0.25) is 5.95 Å². The summed E-state index contributed by atoms with van der Waals surface area (Å²) in [6.07, 6.45) is 6.57. The molecule has 5 rings (SSSR count). The average Bonchev–Trinajstić information content (AvgIpc) is 3.52. The SMILES string of the molecule is COCCCn1ccc2c(Nc3nccc(-c4cc(C#N)c5c(c4)C(C)(CO[Si](C)(C)C(C)(C)C)CC5)n3)cc(Cl)cc21. The maximum absolute atomic E-state index is 10.1. The van der Waals surface area contributed by atoms with Gasteiger partial charge >= 0.3 is 0 Å². The third-order valence-electron chi connectivity index (χ3n) is 9.30. The van der Waals surface area contributed by atoms with Crippen molar-refractivity contribution in [3.05, 3.63) is 70.5 Å². The molecule has 0 aliphatic heterocycles. The molecule has 0 radical (unpaired) electrons. The van der Waals surface area contributed by atoms with Gasteiger partial charge in [-0.3, -0.25) is 0 Å². The van der Waals surface area contributed by atoms with Gasteiger partial charge in [0.05, 0.1) is 28.5 Å². The largest absolute Gasteiger partial charge is 0.416 e. The number of nitrogens with zero attached hydrogens (tertiary/aromatic N) is 4. The van der Waals surface area contributed by atoms with Crippen LogP contribution in [0.2, 0.25) is 23.2 Å². The van der Waals surface area contributed by atoms with Crippen molar-refractivity contribution in [3.8, 4) is 17.3 Å². The van der Waals surface area contributed by atoms with E-state index in [2.05, 4.69) is 80.1 Å². The Balaban J connectivity index is 1.45. The van der Waals surface area contributed by atoms with E-state index in [1.54, 1.807) is 13.3 Å². The lowest BCUT2D eigenvalue weighted by molar-refractivity contribution is 0.190. The number of methoxy groups -OCH3 is 1. The van der Waals surface area contributed by atoms with Crippen LogP contribution in [0.4, 0.5) is 11.6 Å². The van der Waals surface area contributed by atoms with Gasteiger partial charge in [0, 0.05) is 60.6 Å². The summed E-state index contributed by atoms with van der Waals surface area (Å²) in [6, 6.07) is 14.5. The van der Waals surface area contributed by atoms with Crippen molar-refractivity contribution in [2.45, 2.75) is 77.0 Å². The maximum atomic E-state index is 10.1. The molecule has 1 aliphatic carbocycles. The van der Waals surface area contributed by atoms with Crippen LogP contribution in [-0.2, 0) is 27.5 Å². The summed E-state index contributed by atoms with van der Waals surface area (Å²) < 4.78 is 14.1. The first-order chi connectivity index (χ1) is 20.3. The molecule has 0 amide bonds. The van der Waals surface area contributed by atoms with Crippen LogP contribution in [0.5, 0.6) is 0 Å². The van der Waals surface area contributed by atoms with Gasteiger partial charge < -0.3 is 19.0 Å². The average molecular weight is 616 g/mol. The monoisotopic (exact) mass is 615 g/mol. The Bertz CT molecular complexity index is 1690. The lowest BCUT2D eigenvalue weighted by atomic mass is 9.83. The minimum absolute atomic E-state index is 0.135. The highest BCUT2D eigenvalue weighted by atomic mass is 35.5. The molecule has 226 valence electrons. The van der Waals surface area contributed by atoms with Crippen LogP contribution in [0.1, 0.15) is 57.2 Å². The molecule has 0 bridgehead atoms. The van der Waals surface area contributed by atoms with Gasteiger partial charge in [0.25, 0.3) is 0 Å². The summed E-state index contributed by atoms with van der Waals surface area (Å²) in [6.45, 7) is 15.9. The third kappa shape index (κ3) is 6.36. The highest BCUT2D eigenvalue weighted by molar-refractivity contribution is 6.74. The van der Waals surface area contributed by atoms with Crippen molar-refractivity contribution in [2.75, 3.05) is 25.6 Å². The minimum atomic E-state index is -1.93. The summed E-state index contributed by atoms with van der Waals surface area (Å²) in [5, 5.41) is 15.3. The highest BCUT2D eigenvalue weighted by Crippen LogP contribution is 2.45. The van der Waals surface area contributed by atoms with Crippen LogP contribution in [0.25, 0.3) is 22.2 Å². The molecule has 0 saturated heterocycles. The molecule has 1 N–H and O–H groups in total. The van der Waals surface area contributed by atoms with Crippen LogP contribution in [-0.4, -0.2) is 43.2 Å². The summed E-state index contributed by atoms with van der Waals surface area (Å²) in [5.74, 6) is 0.469. The van der Waals surface area contributed by atoms with Crippen molar-refractivity contribution in [1.82, 2.24) is 14.5 Å². The molecule has 2 aromatic carbocycles. The zero-order valence-corrected chi connectivity index (χ0v) is 28.1. The molecule has 0 fully saturated rings. The molecular formula is C34H42ClN5O2Si. The first-order valence-electron chi connectivity index (χ1n) is 14.9. The zero-order chi connectivity index (χ0) is 31.0. The third-order valence-corrected chi connectivity index (χ3v) is 14.0. The fraction of sp³-hybridized carbons (Fsp3) is 0.441. The minimum Gasteiger partial charge on any atom is -0.416 e. The molecule has 2 heterocycles. The normalized spacial score (nSPS) is 16.8. The van der Waals surface area contributed by atoms with Gasteiger partial charge in [-0.1, -0.05) is 39.3 Å². The van der Waals surface area contributed by atoms with Crippen molar-refractivity contribution in [1.29, 1.82) is 5.26 Å². The fourth-order valence-electron chi connectivity index (χ4n) is 5.61. The summed E-state index contributed by atoms with van der Waals surface area (Å²) in [5.41, 5.74) is 6.42. The van der Waals surface area contributed by atoms with E-state index in [0.717, 1.165) is 59.2 Å². The maximum Gasteiger partial charge on any atom is 0.227 e. The number of benzene rings is 2. The molecule has 7 nitrogen and oxygen atoms in total. The smallest absolute Gasteiger partial charge is 0.227 e. The Morgan fingerprint density at radius 1 is 1.19 bits per heavy atom. The predicted octanol–water partition coefficient (Wildman–Crippen LogP) is 8.63. The van der Waals surface area contributed by atoms with Gasteiger partial charge in [-0.15, -0.1) is 0 Å². The van der Waals surface area contributed by atoms with E-state index < -0.39 is 8.32 Å². The number of ether oxygens (including phenoxy) is 1. The number of fused-ring (bicyclic) bond motifs is 2. The Morgan fingerprint density at radius 2 is 1.98 bits per heavy atom.